The number of anilines is 1. The van der Waals surface area contributed by atoms with E-state index >= 15 is 0 Å². The van der Waals surface area contributed by atoms with Crippen molar-refractivity contribution in [2.24, 2.45) is 5.92 Å². The first-order valence-corrected chi connectivity index (χ1v) is 8.23. The Hall–Kier alpha value is -2.20. The molecule has 0 bridgehead atoms. The predicted octanol–water partition coefficient (Wildman–Crippen LogP) is 4.70. The third-order valence-electron chi connectivity index (χ3n) is 3.20. The fraction of sp³-hybridized carbons (Fsp3) is 0.316. The van der Waals surface area contributed by atoms with Gasteiger partial charge in [-0.3, -0.25) is 4.79 Å². The second-order valence-corrected chi connectivity index (χ2v) is 6.39. The van der Waals surface area contributed by atoms with Gasteiger partial charge in [0.2, 0.25) is 0 Å². The molecular weight excluding hydrogens is 326 g/mol. The molecular formula is C19H22ClNO3. The van der Waals surface area contributed by atoms with Gasteiger partial charge in [0.05, 0.1) is 6.61 Å². The van der Waals surface area contributed by atoms with E-state index in [0.717, 1.165) is 11.3 Å². The van der Waals surface area contributed by atoms with Crippen LogP contribution in [0.5, 0.6) is 11.5 Å². The van der Waals surface area contributed by atoms with Crippen LogP contribution in [0.2, 0.25) is 5.02 Å². The molecule has 128 valence electrons. The first kappa shape index (κ1) is 18.1. The summed E-state index contributed by atoms with van der Waals surface area (Å²) in [7, 11) is 0. The van der Waals surface area contributed by atoms with Crippen LogP contribution in [0, 0.1) is 12.8 Å². The van der Waals surface area contributed by atoms with Crippen LogP contribution >= 0.6 is 11.6 Å². The summed E-state index contributed by atoms with van der Waals surface area (Å²) in [6.45, 7) is 6.62. The largest absolute Gasteiger partial charge is 0.493 e. The fourth-order valence-corrected chi connectivity index (χ4v) is 2.10. The number of benzene rings is 2. The molecule has 0 aliphatic rings. The number of carbonyl (C=O) groups excluding carboxylic acids is 1. The molecule has 0 saturated heterocycles. The summed E-state index contributed by atoms with van der Waals surface area (Å²) < 4.78 is 11.1. The van der Waals surface area contributed by atoms with Gasteiger partial charge in [-0.2, -0.15) is 0 Å². The molecule has 5 heteroatoms. The maximum Gasteiger partial charge on any atom is 0.262 e. The number of rotatable bonds is 7. The molecule has 0 unspecified atom stereocenters. The number of nitrogens with one attached hydrogen (secondary N) is 1. The Bertz CT molecular complexity index is 701. The second kappa shape index (κ2) is 8.60. The molecule has 2 aromatic rings. The van der Waals surface area contributed by atoms with Crippen LogP contribution in [-0.2, 0) is 4.79 Å². The molecule has 2 rings (SSSR count). The van der Waals surface area contributed by atoms with Crippen LogP contribution in [0.15, 0.2) is 42.5 Å². The zero-order valence-corrected chi connectivity index (χ0v) is 14.9. The van der Waals surface area contributed by atoms with Crippen molar-refractivity contribution in [2.45, 2.75) is 20.8 Å². The van der Waals surface area contributed by atoms with E-state index in [4.69, 9.17) is 21.1 Å². The van der Waals surface area contributed by atoms with E-state index in [1.165, 1.54) is 0 Å². The summed E-state index contributed by atoms with van der Waals surface area (Å²) in [5, 5.41) is 3.47. The summed E-state index contributed by atoms with van der Waals surface area (Å²) in [5.74, 6) is 1.56. The summed E-state index contributed by atoms with van der Waals surface area (Å²) >= 11 is 5.96. The highest BCUT2D eigenvalue weighted by Crippen LogP contribution is 2.21. The van der Waals surface area contributed by atoms with Gasteiger partial charge in [0, 0.05) is 16.8 Å². The first-order valence-electron chi connectivity index (χ1n) is 7.85. The Morgan fingerprint density at radius 3 is 2.58 bits per heavy atom. The lowest BCUT2D eigenvalue weighted by Gasteiger charge is -2.11. The number of amides is 1. The molecule has 0 fully saturated rings. The van der Waals surface area contributed by atoms with Gasteiger partial charge < -0.3 is 14.8 Å². The lowest BCUT2D eigenvalue weighted by molar-refractivity contribution is -0.118. The molecule has 0 aliphatic carbocycles. The monoisotopic (exact) mass is 347 g/mol. The van der Waals surface area contributed by atoms with Crippen molar-refractivity contribution < 1.29 is 14.3 Å². The van der Waals surface area contributed by atoms with E-state index in [1.807, 2.05) is 25.1 Å². The van der Waals surface area contributed by atoms with Crippen molar-refractivity contribution in [1.29, 1.82) is 0 Å². The van der Waals surface area contributed by atoms with Crippen molar-refractivity contribution in [1.82, 2.24) is 0 Å². The second-order valence-electron chi connectivity index (χ2n) is 5.98. The zero-order valence-electron chi connectivity index (χ0n) is 14.1. The van der Waals surface area contributed by atoms with Gasteiger partial charge in [-0.25, -0.2) is 0 Å². The average molecular weight is 348 g/mol. The number of hydrogen-bond donors (Lipinski definition) is 1. The Balaban J connectivity index is 1.87. The normalized spacial score (nSPS) is 10.5. The minimum Gasteiger partial charge on any atom is -0.493 e. The molecule has 0 heterocycles. The maximum atomic E-state index is 12.0. The lowest BCUT2D eigenvalue weighted by atomic mass is 10.2. The summed E-state index contributed by atoms with van der Waals surface area (Å²) in [5.41, 5.74) is 1.58. The molecule has 0 radical (unpaired) electrons. The topological polar surface area (TPSA) is 47.6 Å². The van der Waals surface area contributed by atoms with E-state index in [-0.39, 0.29) is 12.5 Å². The highest BCUT2D eigenvalue weighted by Gasteiger charge is 2.06. The first-order chi connectivity index (χ1) is 11.4. The van der Waals surface area contributed by atoms with E-state index in [0.29, 0.717) is 29.0 Å². The van der Waals surface area contributed by atoms with Crippen LogP contribution < -0.4 is 14.8 Å². The summed E-state index contributed by atoms with van der Waals surface area (Å²) in [6.07, 6.45) is 0. The number of ether oxygens (including phenoxy) is 2. The van der Waals surface area contributed by atoms with Gasteiger partial charge >= 0.3 is 0 Å². The van der Waals surface area contributed by atoms with Gasteiger partial charge in [-0.05, 0) is 48.7 Å². The number of aryl methyl sites for hydroxylation is 1. The molecule has 0 aliphatic heterocycles. The van der Waals surface area contributed by atoms with Crippen LogP contribution in [0.1, 0.15) is 19.4 Å². The Morgan fingerprint density at radius 2 is 1.88 bits per heavy atom. The zero-order chi connectivity index (χ0) is 17.5. The molecule has 4 nitrogen and oxygen atoms in total. The van der Waals surface area contributed by atoms with E-state index in [1.54, 1.807) is 24.3 Å². The van der Waals surface area contributed by atoms with Gasteiger partial charge in [0.15, 0.2) is 6.61 Å². The molecule has 2 aromatic carbocycles. The van der Waals surface area contributed by atoms with Crippen molar-refractivity contribution >= 4 is 23.2 Å². The molecule has 0 saturated carbocycles. The molecule has 1 N–H and O–H groups in total. The highest BCUT2D eigenvalue weighted by molar-refractivity contribution is 6.31. The minimum absolute atomic E-state index is 0.0713. The van der Waals surface area contributed by atoms with Crippen LogP contribution in [0.4, 0.5) is 5.69 Å². The maximum absolute atomic E-state index is 12.0. The Morgan fingerprint density at radius 1 is 1.12 bits per heavy atom. The minimum atomic E-state index is -0.233. The van der Waals surface area contributed by atoms with Gasteiger partial charge in [-0.1, -0.05) is 31.5 Å². The van der Waals surface area contributed by atoms with E-state index in [2.05, 4.69) is 19.2 Å². The fourth-order valence-electron chi connectivity index (χ4n) is 1.98. The smallest absolute Gasteiger partial charge is 0.262 e. The molecule has 0 aromatic heterocycles. The van der Waals surface area contributed by atoms with Gasteiger partial charge in [-0.15, -0.1) is 0 Å². The lowest BCUT2D eigenvalue weighted by Crippen LogP contribution is -2.20. The SMILES string of the molecule is Cc1cc(OCC(=O)Nc2cccc(OCC(C)C)c2)ccc1Cl. The van der Waals surface area contributed by atoms with E-state index in [9.17, 15) is 4.79 Å². The number of hydrogen-bond acceptors (Lipinski definition) is 3. The number of halogens is 1. The quantitative estimate of drug-likeness (QED) is 0.789. The summed E-state index contributed by atoms with van der Waals surface area (Å²) in [6, 6.07) is 12.6. The highest BCUT2D eigenvalue weighted by atomic mass is 35.5. The van der Waals surface area contributed by atoms with Crippen LogP contribution in [-0.4, -0.2) is 19.1 Å². The predicted molar refractivity (Wildman–Crippen MR) is 97.1 cm³/mol. The van der Waals surface area contributed by atoms with Gasteiger partial charge in [0.25, 0.3) is 5.91 Å². The van der Waals surface area contributed by atoms with Crippen molar-refractivity contribution in [3.63, 3.8) is 0 Å². The summed E-state index contributed by atoms with van der Waals surface area (Å²) in [4.78, 5) is 12.0. The van der Waals surface area contributed by atoms with Gasteiger partial charge in [0.1, 0.15) is 11.5 Å². The van der Waals surface area contributed by atoms with Crippen molar-refractivity contribution in [2.75, 3.05) is 18.5 Å². The Kier molecular flexibility index (Phi) is 6.50. The third kappa shape index (κ3) is 5.78. The number of carbonyl (C=O) groups is 1. The molecule has 0 atom stereocenters. The molecule has 1 amide bonds. The molecule has 24 heavy (non-hydrogen) atoms. The molecule has 0 spiro atoms. The standard InChI is InChI=1S/C19H22ClNO3/c1-13(2)11-23-16-6-4-5-15(10-16)21-19(22)12-24-17-7-8-18(20)14(3)9-17/h4-10,13H,11-12H2,1-3H3,(H,21,22). The van der Waals surface area contributed by atoms with Crippen molar-refractivity contribution in [3.05, 3.63) is 53.1 Å². The van der Waals surface area contributed by atoms with E-state index < -0.39 is 0 Å². The van der Waals surface area contributed by atoms with Crippen LogP contribution in [0.3, 0.4) is 0 Å². The van der Waals surface area contributed by atoms with Crippen LogP contribution in [0.25, 0.3) is 0 Å². The Labute approximate surface area is 147 Å². The van der Waals surface area contributed by atoms with Crippen molar-refractivity contribution in [3.8, 4) is 11.5 Å². The third-order valence-corrected chi connectivity index (χ3v) is 3.62. The average Bonchev–Trinajstić information content (AvgIpc) is 2.54.